The number of fused-ring (bicyclic) bond motifs is 1. The summed E-state index contributed by atoms with van der Waals surface area (Å²) in [5.74, 6) is -4.50. The lowest BCUT2D eigenvalue weighted by Crippen LogP contribution is -2.67. The summed E-state index contributed by atoms with van der Waals surface area (Å²) in [5, 5.41) is 0. The lowest BCUT2D eigenvalue weighted by Gasteiger charge is -2.50. The fourth-order valence-corrected chi connectivity index (χ4v) is 11.2. The Morgan fingerprint density at radius 2 is 0.742 bits per heavy atom. The second kappa shape index (κ2) is 29.6. The van der Waals surface area contributed by atoms with Gasteiger partial charge in [0.05, 0.1) is 54.3 Å². The normalized spacial score (nSPS) is 27.9. The van der Waals surface area contributed by atoms with E-state index in [1.807, 2.05) is 105 Å². The van der Waals surface area contributed by atoms with E-state index >= 15 is 0 Å². The number of hydrogen-bond donors (Lipinski definition) is 0. The molecule has 0 aromatic heterocycles. The number of carbonyl (C=O) groups excluding carboxylic acids is 4. The molecule has 4 fully saturated rings. The van der Waals surface area contributed by atoms with Crippen LogP contribution in [0.4, 0.5) is 0 Å². The number of rotatable bonds is 23. The first-order chi connectivity index (χ1) is 43.3. The maximum absolute atomic E-state index is 14.8. The smallest absolute Gasteiger partial charge is 0.338 e. The summed E-state index contributed by atoms with van der Waals surface area (Å²) in [7, 11) is 0. The van der Waals surface area contributed by atoms with Crippen LogP contribution in [0, 0.1) is 5.92 Å². The standard InChI is InChI=1S/C71H72O18/c1-45-46(2)81-69(61(77-41-48-28-14-6-15-29-48)56(45)76-40-47-26-12-5-13-27-47)87-59-57(54(43-78-64(72)50-32-18-8-19-33-50)82-68(80-42-49-30-16-7-17-31-49)62(59)84-66(74)52-36-22-10-23-37-52)86-70-63(85-67(75)53-38-24-11-25-39-53)60-58(88-71(3,4)89-60)55(83-70)44-79-65(73)51-34-20-9-21-35-51/h5-39,45-46,54-63,68-70H,40-44H2,1-4H3/t45-,46?,54?,55+,56+,57-,58+,59+,60?,61?,62?,63?,68-,69+,70+/m1/s1. The SMILES string of the molecule is CC1O[C@@H](O[C@@H]2C(OC(=O)c3ccccc3)[C@H](OCc3ccccc3)OC(COC(=O)c3ccccc3)[C@H]2O[C@@H]2O[C@@H](COC(=O)c3ccccc3)[C@@H]3OC(C)(C)OC3C2OC(=O)c2ccccc2)C(OCc2ccccc2)[C@@H](OCc2ccccc2)[C@@H]1C. The van der Waals surface area contributed by atoms with Crippen molar-refractivity contribution in [2.75, 3.05) is 13.2 Å². The van der Waals surface area contributed by atoms with Crippen LogP contribution in [0.15, 0.2) is 212 Å². The van der Waals surface area contributed by atoms with Gasteiger partial charge in [-0.15, -0.1) is 0 Å². The second-order valence-corrected chi connectivity index (χ2v) is 22.6. The van der Waals surface area contributed by atoms with Gasteiger partial charge in [0.25, 0.3) is 0 Å². The minimum absolute atomic E-state index is 0.0603. The molecule has 0 bridgehead atoms. The van der Waals surface area contributed by atoms with Crippen molar-refractivity contribution < 1.29 is 85.5 Å². The van der Waals surface area contributed by atoms with Crippen LogP contribution in [0.5, 0.6) is 0 Å². The highest BCUT2D eigenvalue weighted by Crippen LogP contribution is 2.43. The van der Waals surface area contributed by atoms with E-state index in [-0.39, 0.29) is 48.0 Å². The summed E-state index contributed by atoms with van der Waals surface area (Å²) >= 11 is 0. The van der Waals surface area contributed by atoms with Gasteiger partial charge in [0.1, 0.15) is 55.9 Å². The Morgan fingerprint density at radius 1 is 0.371 bits per heavy atom. The molecule has 4 saturated heterocycles. The highest BCUT2D eigenvalue weighted by atomic mass is 16.8. The van der Waals surface area contributed by atoms with Crippen LogP contribution >= 0.6 is 0 Å². The van der Waals surface area contributed by atoms with Crippen LogP contribution < -0.4 is 0 Å². The molecule has 464 valence electrons. The molecule has 0 aliphatic carbocycles. The number of carbonyl (C=O) groups is 4. The molecular weight excluding hydrogens is 1140 g/mol. The molecule has 0 spiro atoms. The molecule has 18 nitrogen and oxygen atoms in total. The molecule has 4 aliphatic heterocycles. The maximum Gasteiger partial charge on any atom is 0.338 e. The van der Waals surface area contributed by atoms with E-state index in [1.54, 1.807) is 135 Å². The van der Waals surface area contributed by atoms with Crippen molar-refractivity contribution in [2.24, 2.45) is 5.92 Å². The summed E-state index contributed by atoms with van der Waals surface area (Å²) < 4.78 is 94.7. The third-order valence-electron chi connectivity index (χ3n) is 15.9. The van der Waals surface area contributed by atoms with E-state index in [9.17, 15) is 19.2 Å². The van der Waals surface area contributed by atoms with Gasteiger partial charge in [0.2, 0.25) is 0 Å². The lowest BCUT2D eigenvalue weighted by molar-refractivity contribution is -0.384. The highest BCUT2D eigenvalue weighted by molar-refractivity contribution is 5.91. The molecule has 0 amide bonds. The van der Waals surface area contributed by atoms with Crippen molar-refractivity contribution in [1.82, 2.24) is 0 Å². The first-order valence-corrected chi connectivity index (χ1v) is 29.9. The zero-order valence-electron chi connectivity index (χ0n) is 49.8. The van der Waals surface area contributed by atoms with Gasteiger partial charge in [-0.2, -0.15) is 0 Å². The molecule has 0 radical (unpaired) electrons. The van der Waals surface area contributed by atoms with Crippen LogP contribution in [0.2, 0.25) is 0 Å². The van der Waals surface area contributed by atoms with Crippen molar-refractivity contribution in [2.45, 2.75) is 139 Å². The van der Waals surface area contributed by atoms with E-state index in [1.165, 1.54) is 0 Å². The fraction of sp³-hybridized carbons (Fsp3) is 0.352. The molecule has 4 aliphatic rings. The van der Waals surface area contributed by atoms with Crippen molar-refractivity contribution in [3.05, 3.63) is 251 Å². The Kier molecular flexibility index (Phi) is 20.8. The van der Waals surface area contributed by atoms with Crippen molar-refractivity contribution in [1.29, 1.82) is 0 Å². The minimum Gasteiger partial charge on any atom is -0.459 e. The van der Waals surface area contributed by atoms with Crippen LogP contribution in [0.1, 0.15) is 85.8 Å². The minimum atomic E-state index is -1.68. The first kappa shape index (κ1) is 62.6. The van der Waals surface area contributed by atoms with E-state index < -0.39 is 129 Å². The van der Waals surface area contributed by atoms with Gasteiger partial charge in [-0.1, -0.05) is 171 Å². The zero-order chi connectivity index (χ0) is 61.7. The molecule has 0 saturated carbocycles. The number of hydrogen-bond acceptors (Lipinski definition) is 18. The Bertz CT molecular complexity index is 3370. The predicted octanol–water partition coefficient (Wildman–Crippen LogP) is 10.7. The van der Waals surface area contributed by atoms with E-state index in [2.05, 4.69) is 0 Å². The van der Waals surface area contributed by atoms with Crippen molar-refractivity contribution in [3.63, 3.8) is 0 Å². The molecule has 89 heavy (non-hydrogen) atoms. The van der Waals surface area contributed by atoms with Crippen LogP contribution in [-0.4, -0.2) is 129 Å². The zero-order valence-corrected chi connectivity index (χ0v) is 49.8. The first-order valence-electron chi connectivity index (χ1n) is 29.9. The average molecular weight is 1210 g/mol. The molecule has 7 aromatic carbocycles. The molecular formula is C71H72O18. The summed E-state index contributed by atoms with van der Waals surface area (Å²) in [5.41, 5.74) is 3.41. The number of esters is 4. The third kappa shape index (κ3) is 15.9. The second-order valence-electron chi connectivity index (χ2n) is 22.6. The van der Waals surface area contributed by atoms with Gasteiger partial charge >= 0.3 is 23.9 Å². The monoisotopic (exact) mass is 1210 g/mol. The molecule has 6 unspecified atom stereocenters. The lowest BCUT2D eigenvalue weighted by atomic mass is 9.90. The quantitative estimate of drug-likeness (QED) is 0.0432. The van der Waals surface area contributed by atoms with Crippen LogP contribution in [0.3, 0.4) is 0 Å². The van der Waals surface area contributed by atoms with E-state index in [0.717, 1.165) is 16.7 Å². The third-order valence-corrected chi connectivity index (χ3v) is 15.9. The van der Waals surface area contributed by atoms with Gasteiger partial charge in [0, 0.05) is 5.92 Å². The van der Waals surface area contributed by atoms with E-state index in [4.69, 9.17) is 66.3 Å². The van der Waals surface area contributed by atoms with Gasteiger partial charge < -0.3 is 66.3 Å². The average Bonchev–Trinajstić information content (AvgIpc) is 1.88. The maximum atomic E-state index is 14.8. The summed E-state index contributed by atoms with van der Waals surface area (Å²) in [6, 6.07) is 62.2. The highest BCUT2D eigenvalue weighted by Gasteiger charge is 2.61. The van der Waals surface area contributed by atoms with Crippen molar-refractivity contribution >= 4 is 23.9 Å². The van der Waals surface area contributed by atoms with Crippen LogP contribution in [0.25, 0.3) is 0 Å². The molecule has 18 heteroatoms. The largest absolute Gasteiger partial charge is 0.459 e. The Hall–Kier alpha value is -7.98. The molecule has 11 rings (SSSR count). The number of ether oxygens (including phenoxy) is 14. The van der Waals surface area contributed by atoms with Gasteiger partial charge in [-0.05, 0) is 86.0 Å². The molecule has 0 N–H and O–H groups in total. The van der Waals surface area contributed by atoms with Gasteiger partial charge in [-0.3, -0.25) is 0 Å². The van der Waals surface area contributed by atoms with Crippen molar-refractivity contribution in [3.8, 4) is 0 Å². The predicted molar refractivity (Wildman–Crippen MR) is 320 cm³/mol. The summed E-state index contributed by atoms with van der Waals surface area (Å²) in [6.07, 6.45) is -17.6. The topological polar surface area (TPSA) is 197 Å². The molecule has 7 aromatic rings. The Morgan fingerprint density at radius 3 is 1.22 bits per heavy atom. The Labute approximate surface area is 517 Å². The molecule has 4 heterocycles. The van der Waals surface area contributed by atoms with Gasteiger partial charge in [0.15, 0.2) is 36.9 Å². The van der Waals surface area contributed by atoms with Gasteiger partial charge in [-0.25, -0.2) is 19.2 Å². The number of benzene rings is 7. The van der Waals surface area contributed by atoms with E-state index in [0.29, 0.717) is 0 Å². The fourth-order valence-electron chi connectivity index (χ4n) is 11.2. The van der Waals surface area contributed by atoms with Crippen LogP contribution in [-0.2, 0) is 86.1 Å². The molecule has 15 atom stereocenters. The summed E-state index contributed by atoms with van der Waals surface area (Å²) in [6.45, 7) is 6.63. The Balaban J connectivity index is 1.05. The summed E-state index contributed by atoms with van der Waals surface area (Å²) in [4.78, 5) is 57.2.